The largest absolute Gasteiger partial charge is 0.480 e. The zero-order valence-corrected chi connectivity index (χ0v) is 32.5. The van der Waals surface area contributed by atoms with E-state index in [1.165, 1.54) is 47.2 Å². The molecule has 0 saturated carbocycles. The van der Waals surface area contributed by atoms with Crippen molar-refractivity contribution in [2.24, 2.45) is 11.8 Å². The fourth-order valence-corrected chi connectivity index (χ4v) is 6.12. The van der Waals surface area contributed by atoms with Crippen molar-refractivity contribution < 1.29 is 29.1 Å². The zero-order valence-electron chi connectivity index (χ0n) is 30.9. The van der Waals surface area contributed by atoms with Gasteiger partial charge in [-0.05, 0) is 83.6 Å². The third kappa shape index (κ3) is 19.9. The molecule has 0 rings (SSSR count). The Morgan fingerprint density at radius 2 is 1.29 bits per heavy atom. The molecule has 0 saturated heterocycles. The van der Waals surface area contributed by atoms with E-state index in [0.717, 1.165) is 25.7 Å². The number of hydrogen-bond donors (Lipinski definition) is 5. The second-order valence-corrected chi connectivity index (χ2v) is 15.1. The first kappa shape index (κ1) is 45.3. The number of carbonyl (C=O) groups excluding carboxylic acids is 4. The molecule has 0 aromatic heterocycles. The van der Waals surface area contributed by atoms with Gasteiger partial charge in [0.25, 0.3) is 0 Å². The van der Waals surface area contributed by atoms with Gasteiger partial charge in [-0.15, -0.1) is 0 Å². The molecule has 274 valence electrons. The summed E-state index contributed by atoms with van der Waals surface area (Å²) in [6, 6.07) is -3.91. The Hall–Kier alpha value is -2.73. The Kier molecular flexibility index (Phi) is 23.8. The number of thioether (sulfide) groups is 2. The monoisotopic (exact) mass is 710 g/mol. The number of allylic oxidation sites excluding steroid dienone is 5. The van der Waals surface area contributed by atoms with Crippen molar-refractivity contribution in [1.82, 2.24) is 21.3 Å². The smallest absolute Gasteiger partial charge is 0.326 e. The Bertz CT molecular complexity index is 1130. The third-order valence-electron chi connectivity index (χ3n) is 7.92. The van der Waals surface area contributed by atoms with Crippen LogP contribution in [0.1, 0.15) is 101 Å². The lowest BCUT2D eigenvalue weighted by Crippen LogP contribution is -2.60. The highest BCUT2D eigenvalue weighted by molar-refractivity contribution is 7.99. The van der Waals surface area contributed by atoms with Crippen LogP contribution in [0.4, 0.5) is 0 Å². The molecule has 10 nitrogen and oxygen atoms in total. The summed E-state index contributed by atoms with van der Waals surface area (Å²) >= 11 is 2.99. The van der Waals surface area contributed by atoms with Gasteiger partial charge in [-0.2, -0.15) is 23.5 Å². The second kappa shape index (κ2) is 25.3. The standard InChI is InChI=1S/C36H62N4O6S2/c1-11-27(8)32(35(44)38-29(36(45)46)19-20-47-10)40-34(43)31(24(4)5)39-33(42)30(37-28(9)41)22-48-21-18-26(7)17-13-16-25(6)15-12-14-23(2)3/h14,16,18,24,27,29-32H,11-13,15,17,19-22H2,1-10H3,(H,37,41)(H,38,44)(H,39,42)(H,40,43)(H,45,46)/b25-16-,26-18-/t27-,29-,30-,31-,32-/m0/s1. The van der Waals surface area contributed by atoms with Crippen molar-refractivity contribution >= 4 is 53.1 Å². The van der Waals surface area contributed by atoms with Gasteiger partial charge in [-0.1, -0.05) is 69.1 Å². The average Bonchev–Trinajstić information content (AvgIpc) is 3.00. The predicted molar refractivity (Wildman–Crippen MR) is 201 cm³/mol. The molecule has 0 unspecified atom stereocenters. The van der Waals surface area contributed by atoms with Crippen LogP contribution in [0, 0.1) is 11.8 Å². The molecule has 0 spiro atoms. The van der Waals surface area contributed by atoms with E-state index in [9.17, 15) is 29.1 Å². The normalized spacial score (nSPS) is 15.1. The van der Waals surface area contributed by atoms with Gasteiger partial charge in [0.15, 0.2) is 0 Å². The molecule has 0 aliphatic rings. The quantitative estimate of drug-likeness (QED) is 0.0638. The van der Waals surface area contributed by atoms with Crippen molar-refractivity contribution in [2.45, 2.75) is 125 Å². The molecule has 0 aromatic rings. The van der Waals surface area contributed by atoms with Crippen molar-refractivity contribution in [3.8, 4) is 0 Å². The number of amides is 4. The maximum Gasteiger partial charge on any atom is 0.326 e. The van der Waals surface area contributed by atoms with Gasteiger partial charge in [0.1, 0.15) is 24.2 Å². The van der Waals surface area contributed by atoms with Gasteiger partial charge < -0.3 is 26.4 Å². The molecule has 0 aliphatic carbocycles. The van der Waals surface area contributed by atoms with Crippen molar-refractivity contribution in [3.63, 3.8) is 0 Å². The molecule has 0 heterocycles. The molecule has 0 aliphatic heterocycles. The zero-order chi connectivity index (χ0) is 36.8. The first-order valence-corrected chi connectivity index (χ1v) is 19.5. The van der Waals surface area contributed by atoms with Gasteiger partial charge in [-0.3, -0.25) is 19.2 Å². The Balaban J connectivity index is 5.42. The molecule has 12 heteroatoms. The van der Waals surface area contributed by atoms with Crippen LogP contribution in [0.2, 0.25) is 0 Å². The summed E-state index contributed by atoms with van der Waals surface area (Å²) < 4.78 is 0. The maximum absolute atomic E-state index is 13.5. The second-order valence-electron chi connectivity index (χ2n) is 13.0. The summed E-state index contributed by atoms with van der Waals surface area (Å²) in [4.78, 5) is 63.8. The molecule has 48 heavy (non-hydrogen) atoms. The molecule has 0 radical (unpaired) electrons. The molecule has 5 N–H and O–H groups in total. The van der Waals surface area contributed by atoms with E-state index >= 15 is 0 Å². The van der Waals surface area contributed by atoms with Crippen LogP contribution in [-0.2, 0) is 24.0 Å². The molecule has 4 amide bonds. The predicted octanol–water partition coefficient (Wildman–Crippen LogP) is 5.64. The number of aliphatic carboxylic acids is 1. The lowest BCUT2D eigenvalue weighted by molar-refractivity contribution is -0.142. The first-order chi connectivity index (χ1) is 22.5. The van der Waals surface area contributed by atoms with Crippen LogP contribution in [0.15, 0.2) is 34.9 Å². The van der Waals surface area contributed by atoms with Crippen LogP contribution in [-0.4, -0.2) is 82.4 Å². The highest BCUT2D eigenvalue weighted by atomic mass is 32.2. The summed E-state index contributed by atoms with van der Waals surface area (Å²) in [5, 5.41) is 20.4. The average molecular weight is 711 g/mol. The number of rotatable bonds is 24. The number of carboxylic acid groups (broad SMARTS) is 1. The Morgan fingerprint density at radius 1 is 0.729 bits per heavy atom. The summed E-state index contributed by atoms with van der Waals surface area (Å²) in [5.41, 5.74) is 3.98. The van der Waals surface area contributed by atoms with E-state index in [-0.39, 0.29) is 24.2 Å². The van der Waals surface area contributed by atoms with Gasteiger partial charge in [0.2, 0.25) is 23.6 Å². The highest BCUT2D eigenvalue weighted by Gasteiger charge is 2.34. The molecular formula is C36H62N4O6S2. The molecule has 0 bridgehead atoms. The van der Waals surface area contributed by atoms with E-state index in [1.807, 2.05) is 13.2 Å². The number of hydrogen-bond acceptors (Lipinski definition) is 7. The summed E-state index contributed by atoms with van der Waals surface area (Å²) in [5.74, 6) is -2.20. The topological polar surface area (TPSA) is 154 Å². The molecule has 0 fully saturated rings. The van der Waals surface area contributed by atoms with Gasteiger partial charge in [0.05, 0.1) is 0 Å². The van der Waals surface area contributed by atoms with Crippen LogP contribution in [0.3, 0.4) is 0 Å². The fraction of sp³-hybridized carbons (Fsp3) is 0.694. The van der Waals surface area contributed by atoms with E-state index in [4.69, 9.17) is 0 Å². The number of carboxylic acids is 1. The van der Waals surface area contributed by atoms with Gasteiger partial charge in [-0.25, -0.2) is 4.79 Å². The summed E-state index contributed by atoms with van der Waals surface area (Å²) in [6.45, 7) is 17.1. The molecule has 0 aromatic carbocycles. The highest BCUT2D eigenvalue weighted by Crippen LogP contribution is 2.15. The van der Waals surface area contributed by atoms with Crippen LogP contribution >= 0.6 is 23.5 Å². The Labute approximate surface area is 297 Å². The third-order valence-corrected chi connectivity index (χ3v) is 9.53. The van der Waals surface area contributed by atoms with E-state index in [0.29, 0.717) is 23.7 Å². The van der Waals surface area contributed by atoms with Gasteiger partial charge in [0, 0.05) is 18.4 Å². The summed E-state index contributed by atoms with van der Waals surface area (Å²) in [7, 11) is 0. The van der Waals surface area contributed by atoms with E-state index in [1.54, 1.807) is 20.8 Å². The number of nitrogens with one attached hydrogen (secondary N) is 4. The van der Waals surface area contributed by atoms with Crippen LogP contribution in [0.5, 0.6) is 0 Å². The molecular weight excluding hydrogens is 649 g/mol. The first-order valence-electron chi connectivity index (χ1n) is 17.0. The van der Waals surface area contributed by atoms with Gasteiger partial charge >= 0.3 is 5.97 Å². The summed E-state index contributed by atoms with van der Waals surface area (Å²) in [6.07, 6.45) is 13.4. The minimum atomic E-state index is -1.14. The molecule has 5 atom stereocenters. The van der Waals surface area contributed by atoms with E-state index < -0.39 is 47.9 Å². The maximum atomic E-state index is 13.5. The Morgan fingerprint density at radius 3 is 1.81 bits per heavy atom. The van der Waals surface area contributed by atoms with Crippen molar-refractivity contribution in [3.05, 3.63) is 34.9 Å². The van der Waals surface area contributed by atoms with Crippen molar-refractivity contribution in [2.75, 3.05) is 23.5 Å². The lowest BCUT2D eigenvalue weighted by atomic mass is 9.96. The minimum Gasteiger partial charge on any atom is -0.480 e. The van der Waals surface area contributed by atoms with Crippen LogP contribution < -0.4 is 21.3 Å². The lowest BCUT2D eigenvalue weighted by Gasteiger charge is -2.29. The minimum absolute atomic E-state index is 0.250. The SMILES string of the molecule is CC[C@H](C)[C@H](NC(=O)[C@@H](NC(=O)[C@H](CSC/C=C(/C)CC/C=C(/C)CCC=C(C)C)NC(C)=O)C(C)C)C(=O)N[C@@H](CCSC)C(=O)O. The van der Waals surface area contributed by atoms with Crippen LogP contribution in [0.25, 0.3) is 0 Å². The van der Waals surface area contributed by atoms with Crippen molar-refractivity contribution in [1.29, 1.82) is 0 Å². The fourth-order valence-electron chi connectivity index (χ4n) is 4.64. The van der Waals surface area contributed by atoms with E-state index in [2.05, 4.69) is 67.2 Å². The number of carbonyl (C=O) groups is 5.